The van der Waals surface area contributed by atoms with Crippen LogP contribution < -0.4 is 5.32 Å². The Morgan fingerprint density at radius 2 is 1.95 bits per heavy atom. The summed E-state index contributed by atoms with van der Waals surface area (Å²) in [4.78, 5) is 17.0. The minimum absolute atomic E-state index is 0.179. The third kappa shape index (κ3) is 1.46. The second-order valence-corrected chi connectivity index (χ2v) is 6.43. The van der Waals surface area contributed by atoms with Crippen LogP contribution in [-0.2, 0) is 5.79 Å². The molecule has 0 spiro atoms. The van der Waals surface area contributed by atoms with Gasteiger partial charge in [0.2, 0.25) is 0 Å². The second kappa shape index (κ2) is 4.23. The van der Waals surface area contributed by atoms with Gasteiger partial charge in [0.25, 0.3) is 5.91 Å². The molecular weight excluding hydrogens is 258 g/mol. The van der Waals surface area contributed by atoms with Gasteiger partial charge in [-0.1, -0.05) is 18.2 Å². The smallest absolute Gasteiger partial charge is 0.257 e. The molecule has 1 unspecified atom stereocenters. The topological polar surface area (TPSA) is 35.6 Å². The van der Waals surface area contributed by atoms with Crippen LogP contribution in [-0.4, -0.2) is 53.4 Å². The maximum Gasteiger partial charge on any atom is 0.257 e. The van der Waals surface area contributed by atoms with Crippen LogP contribution in [0.15, 0.2) is 24.3 Å². The molecule has 0 aromatic heterocycles. The molecule has 0 aliphatic carbocycles. The van der Waals surface area contributed by atoms with Crippen molar-refractivity contribution in [3.8, 4) is 0 Å². The molecule has 4 nitrogen and oxygen atoms in total. The Labute approximate surface area is 117 Å². The normalized spacial score (nSPS) is 30.5. The number of fused-ring (bicyclic) bond motifs is 3. The summed E-state index contributed by atoms with van der Waals surface area (Å²) in [5.74, 6) is 2.11. The number of carbonyl (C=O) groups excluding carboxylic acids is 1. The molecule has 4 rings (SSSR count). The van der Waals surface area contributed by atoms with Crippen LogP contribution >= 0.6 is 11.8 Å². The Hall–Kier alpha value is -1.04. The average molecular weight is 275 g/mol. The summed E-state index contributed by atoms with van der Waals surface area (Å²) >= 11 is 2.00. The van der Waals surface area contributed by atoms with Crippen LogP contribution in [0.1, 0.15) is 15.9 Å². The van der Waals surface area contributed by atoms with E-state index >= 15 is 0 Å². The summed E-state index contributed by atoms with van der Waals surface area (Å²) in [6.45, 7) is 3.76. The minimum atomic E-state index is -0.366. The zero-order valence-corrected chi connectivity index (χ0v) is 11.6. The van der Waals surface area contributed by atoms with E-state index in [0.29, 0.717) is 0 Å². The van der Waals surface area contributed by atoms with Crippen molar-refractivity contribution in [3.05, 3.63) is 35.4 Å². The Balaban J connectivity index is 1.86. The van der Waals surface area contributed by atoms with E-state index in [2.05, 4.69) is 16.3 Å². The summed E-state index contributed by atoms with van der Waals surface area (Å²) < 4.78 is 0. The van der Waals surface area contributed by atoms with Crippen molar-refractivity contribution < 1.29 is 4.79 Å². The summed E-state index contributed by atoms with van der Waals surface area (Å²) in [7, 11) is 0. The molecule has 1 amide bonds. The molecule has 0 bridgehead atoms. The fourth-order valence-electron chi connectivity index (χ4n) is 3.55. The lowest BCUT2D eigenvalue weighted by atomic mass is 10.0. The molecule has 3 aliphatic rings. The molecule has 1 aromatic rings. The highest BCUT2D eigenvalue weighted by Gasteiger charge is 2.55. The summed E-state index contributed by atoms with van der Waals surface area (Å²) in [5.41, 5.74) is 2.01. The third-order valence-corrected chi connectivity index (χ3v) is 5.29. The first-order valence-electron chi connectivity index (χ1n) is 6.83. The van der Waals surface area contributed by atoms with E-state index < -0.39 is 0 Å². The van der Waals surface area contributed by atoms with Gasteiger partial charge in [-0.05, 0) is 6.07 Å². The van der Waals surface area contributed by atoms with Gasteiger partial charge in [0.1, 0.15) is 0 Å². The summed E-state index contributed by atoms with van der Waals surface area (Å²) in [5, 5.41) is 3.61. The Morgan fingerprint density at radius 1 is 1.16 bits per heavy atom. The van der Waals surface area contributed by atoms with Gasteiger partial charge in [-0.15, -0.1) is 0 Å². The highest BCUT2D eigenvalue weighted by atomic mass is 32.2. The van der Waals surface area contributed by atoms with E-state index in [1.165, 1.54) is 0 Å². The molecule has 1 atom stereocenters. The molecule has 1 N–H and O–H groups in total. The van der Waals surface area contributed by atoms with Crippen LogP contribution in [0.25, 0.3) is 0 Å². The van der Waals surface area contributed by atoms with Crippen LogP contribution in [0.3, 0.4) is 0 Å². The zero-order chi connectivity index (χ0) is 12.9. The molecule has 2 saturated heterocycles. The summed E-state index contributed by atoms with van der Waals surface area (Å²) in [6, 6.07) is 8.06. The van der Waals surface area contributed by atoms with Crippen LogP contribution in [0, 0.1) is 0 Å². The van der Waals surface area contributed by atoms with Crippen LogP contribution in [0.4, 0.5) is 0 Å². The quantitative estimate of drug-likeness (QED) is 0.826. The molecule has 0 saturated carbocycles. The van der Waals surface area contributed by atoms with E-state index in [1.54, 1.807) is 0 Å². The van der Waals surface area contributed by atoms with Gasteiger partial charge in [-0.25, -0.2) is 0 Å². The van der Waals surface area contributed by atoms with Crippen molar-refractivity contribution in [2.75, 3.05) is 37.7 Å². The van der Waals surface area contributed by atoms with E-state index in [0.717, 1.165) is 48.8 Å². The summed E-state index contributed by atoms with van der Waals surface area (Å²) in [6.07, 6.45) is 0. The molecule has 100 valence electrons. The van der Waals surface area contributed by atoms with Crippen LogP contribution in [0.5, 0.6) is 0 Å². The van der Waals surface area contributed by atoms with Gasteiger partial charge >= 0.3 is 0 Å². The van der Waals surface area contributed by atoms with E-state index in [1.807, 2.05) is 34.9 Å². The highest BCUT2D eigenvalue weighted by molar-refractivity contribution is 7.99. The SMILES string of the molecule is O=C1c2ccccc2C2(N3CCSCC3)NCCN12. The molecule has 0 radical (unpaired) electrons. The number of rotatable bonds is 1. The van der Waals surface area contributed by atoms with Gasteiger partial charge in [0, 0.05) is 48.8 Å². The lowest BCUT2D eigenvalue weighted by Crippen LogP contribution is -2.61. The van der Waals surface area contributed by atoms with Crippen molar-refractivity contribution in [1.82, 2.24) is 15.1 Å². The fourth-order valence-corrected chi connectivity index (χ4v) is 4.45. The second-order valence-electron chi connectivity index (χ2n) is 5.20. The monoisotopic (exact) mass is 275 g/mol. The van der Waals surface area contributed by atoms with Gasteiger partial charge in [0.05, 0.1) is 0 Å². The molecule has 5 heteroatoms. The number of hydrogen-bond donors (Lipinski definition) is 1. The first-order chi connectivity index (χ1) is 9.34. The first kappa shape index (κ1) is 11.8. The van der Waals surface area contributed by atoms with Crippen molar-refractivity contribution in [2.24, 2.45) is 0 Å². The maximum atomic E-state index is 12.6. The lowest BCUT2D eigenvalue weighted by Gasteiger charge is -2.44. The molecule has 3 aliphatic heterocycles. The number of amides is 1. The molecule has 3 heterocycles. The van der Waals surface area contributed by atoms with Gasteiger partial charge < -0.3 is 4.90 Å². The molecule has 1 aromatic carbocycles. The number of hydrogen-bond acceptors (Lipinski definition) is 4. The van der Waals surface area contributed by atoms with E-state index in [-0.39, 0.29) is 11.7 Å². The lowest BCUT2D eigenvalue weighted by molar-refractivity contribution is -0.0230. The van der Waals surface area contributed by atoms with Crippen molar-refractivity contribution in [1.29, 1.82) is 0 Å². The highest BCUT2D eigenvalue weighted by Crippen LogP contribution is 2.42. The predicted molar refractivity (Wildman–Crippen MR) is 76.1 cm³/mol. The number of nitrogens with one attached hydrogen (secondary N) is 1. The van der Waals surface area contributed by atoms with E-state index in [9.17, 15) is 4.79 Å². The van der Waals surface area contributed by atoms with Crippen molar-refractivity contribution in [2.45, 2.75) is 5.79 Å². The Kier molecular flexibility index (Phi) is 2.62. The number of thioether (sulfide) groups is 1. The first-order valence-corrected chi connectivity index (χ1v) is 7.99. The standard InChI is InChI=1S/C14H17N3OS/c18-13-11-3-1-2-4-12(11)14(15-5-6-17(13)14)16-7-9-19-10-8-16/h1-4,15H,5-10H2. The Bertz CT molecular complexity index is 529. The van der Waals surface area contributed by atoms with Gasteiger partial charge in [-0.2, -0.15) is 11.8 Å². The van der Waals surface area contributed by atoms with Crippen molar-refractivity contribution >= 4 is 17.7 Å². The average Bonchev–Trinajstić information content (AvgIpc) is 3.01. The van der Waals surface area contributed by atoms with E-state index in [4.69, 9.17) is 0 Å². The Morgan fingerprint density at radius 3 is 2.79 bits per heavy atom. The number of carbonyl (C=O) groups is 1. The van der Waals surface area contributed by atoms with Crippen LogP contribution in [0.2, 0.25) is 0 Å². The number of nitrogens with zero attached hydrogens (tertiary/aromatic N) is 2. The molecular formula is C14H17N3OS. The maximum absolute atomic E-state index is 12.6. The molecule has 19 heavy (non-hydrogen) atoms. The predicted octanol–water partition coefficient (Wildman–Crippen LogP) is 0.905. The molecule has 2 fully saturated rings. The van der Waals surface area contributed by atoms with Gasteiger partial charge in [0.15, 0.2) is 5.79 Å². The number of benzene rings is 1. The fraction of sp³-hybridized carbons (Fsp3) is 0.500. The minimum Gasteiger partial charge on any atom is -0.302 e. The van der Waals surface area contributed by atoms with Crippen molar-refractivity contribution in [3.63, 3.8) is 0 Å². The zero-order valence-electron chi connectivity index (χ0n) is 10.8. The largest absolute Gasteiger partial charge is 0.302 e. The van der Waals surface area contributed by atoms with Gasteiger partial charge in [-0.3, -0.25) is 15.0 Å². The third-order valence-electron chi connectivity index (χ3n) is 4.34.